The molecule has 0 aromatic heterocycles. The van der Waals surface area contributed by atoms with Crippen molar-refractivity contribution in [3.8, 4) is 5.75 Å². The Balaban J connectivity index is 2.12. The van der Waals surface area contributed by atoms with Gasteiger partial charge in [-0.25, -0.2) is 12.7 Å². The third kappa shape index (κ3) is 3.49. The number of hydrogen-bond donors (Lipinski definition) is 1. The van der Waals surface area contributed by atoms with E-state index in [9.17, 15) is 8.42 Å². The van der Waals surface area contributed by atoms with E-state index in [4.69, 9.17) is 9.47 Å². The fourth-order valence-corrected chi connectivity index (χ4v) is 2.91. The summed E-state index contributed by atoms with van der Waals surface area (Å²) >= 11 is 0. The number of nitrogens with one attached hydrogen (secondary N) is 1. The van der Waals surface area contributed by atoms with Gasteiger partial charge in [0.25, 0.3) is 0 Å². The predicted molar refractivity (Wildman–Crippen MR) is 75.4 cm³/mol. The van der Waals surface area contributed by atoms with Crippen LogP contribution in [0.15, 0.2) is 29.2 Å². The molecule has 1 aliphatic heterocycles. The molecular weight excluding hydrogens is 280 g/mol. The summed E-state index contributed by atoms with van der Waals surface area (Å²) in [5, 5.41) is 3.20. The molecule has 0 aliphatic carbocycles. The summed E-state index contributed by atoms with van der Waals surface area (Å²) in [6, 6.07) is 6.64. The standard InChI is InChI=1S/C13H20N2O4S/c1-15(2)20(16,17)13-6-4-3-5-12(13)19-10-11-9-14-7-8-18-11/h3-6,11,14H,7-10H2,1-2H3. The minimum absolute atomic E-state index is 0.0566. The van der Waals surface area contributed by atoms with Crippen molar-refractivity contribution in [3.63, 3.8) is 0 Å². The minimum atomic E-state index is -3.51. The van der Waals surface area contributed by atoms with E-state index in [0.717, 1.165) is 6.54 Å². The topological polar surface area (TPSA) is 67.9 Å². The third-order valence-corrected chi connectivity index (χ3v) is 4.89. The van der Waals surface area contributed by atoms with Crippen LogP contribution in [0.4, 0.5) is 0 Å². The van der Waals surface area contributed by atoms with E-state index in [1.807, 2.05) is 0 Å². The average molecular weight is 300 g/mol. The van der Waals surface area contributed by atoms with Gasteiger partial charge < -0.3 is 14.8 Å². The largest absolute Gasteiger partial charge is 0.489 e. The molecule has 7 heteroatoms. The smallest absolute Gasteiger partial charge is 0.246 e. The van der Waals surface area contributed by atoms with Crippen molar-refractivity contribution in [1.29, 1.82) is 0 Å². The molecule has 1 aliphatic rings. The van der Waals surface area contributed by atoms with Gasteiger partial charge in [0.1, 0.15) is 23.4 Å². The summed E-state index contributed by atoms with van der Waals surface area (Å²) in [6.07, 6.45) is -0.0566. The van der Waals surface area contributed by atoms with Crippen LogP contribution in [0.3, 0.4) is 0 Å². The lowest BCUT2D eigenvalue weighted by Crippen LogP contribution is -2.41. The molecule has 1 aromatic carbocycles. The molecule has 1 unspecified atom stereocenters. The van der Waals surface area contributed by atoms with Crippen LogP contribution >= 0.6 is 0 Å². The maximum Gasteiger partial charge on any atom is 0.246 e. The molecule has 1 heterocycles. The second kappa shape index (κ2) is 6.53. The fourth-order valence-electron chi connectivity index (χ4n) is 1.89. The first kappa shape index (κ1) is 15.2. The van der Waals surface area contributed by atoms with Gasteiger partial charge in [-0.3, -0.25) is 0 Å². The molecule has 1 atom stereocenters. The molecule has 0 bridgehead atoms. The second-order valence-corrected chi connectivity index (χ2v) is 6.86. The molecule has 0 radical (unpaired) electrons. The summed E-state index contributed by atoms with van der Waals surface area (Å²) in [7, 11) is -0.508. The Morgan fingerprint density at radius 3 is 2.80 bits per heavy atom. The first-order valence-corrected chi connectivity index (χ1v) is 7.92. The highest BCUT2D eigenvalue weighted by Gasteiger charge is 2.22. The quantitative estimate of drug-likeness (QED) is 0.847. The van der Waals surface area contributed by atoms with Crippen molar-refractivity contribution < 1.29 is 17.9 Å². The lowest BCUT2D eigenvalue weighted by Gasteiger charge is -2.24. The number of hydrogen-bond acceptors (Lipinski definition) is 5. The van der Waals surface area contributed by atoms with E-state index in [-0.39, 0.29) is 11.0 Å². The van der Waals surface area contributed by atoms with E-state index in [0.29, 0.717) is 25.5 Å². The summed E-state index contributed by atoms with van der Waals surface area (Å²) in [5.41, 5.74) is 0. The maximum atomic E-state index is 12.2. The van der Waals surface area contributed by atoms with Crippen molar-refractivity contribution in [2.75, 3.05) is 40.4 Å². The first-order valence-electron chi connectivity index (χ1n) is 6.48. The normalized spacial score (nSPS) is 20.1. The Morgan fingerprint density at radius 2 is 2.15 bits per heavy atom. The molecule has 1 N–H and O–H groups in total. The molecule has 1 fully saturated rings. The zero-order valence-electron chi connectivity index (χ0n) is 11.7. The number of para-hydroxylation sites is 1. The molecular formula is C13H20N2O4S. The van der Waals surface area contributed by atoms with Crippen LogP contribution in [-0.4, -0.2) is 59.2 Å². The van der Waals surface area contributed by atoms with Crippen LogP contribution in [0, 0.1) is 0 Å². The number of nitrogens with zero attached hydrogens (tertiary/aromatic N) is 1. The van der Waals surface area contributed by atoms with E-state index in [1.165, 1.54) is 18.4 Å². The number of rotatable bonds is 5. The lowest BCUT2D eigenvalue weighted by molar-refractivity contribution is -0.000416. The van der Waals surface area contributed by atoms with Crippen LogP contribution in [0.5, 0.6) is 5.75 Å². The molecule has 20 heavy (non-hydrogen) atoms. The SMILES string of the molecule is CN(C)S(=O)(=O)c1ccccc1OCC1CNCCO1. The van der Waals surface area contributed by atoms with Crippen molar-refractivity contribution in [2.24, 2.45) is 0 Å². The molecule has 1 saturated heterocycles. The van der Waals surface area contributed by atoms with Crippen LogP contribution in [-0.2, 0) is 14.8 Å². The molecule has 112 valence electrons. The van der Waals surface area contributed by atoms with Crippen LogP contribution < -0.4 is 10.1 Å². The summed E-state index contributed by atoms with van der Waals surface area (Å²) in [5.74, 6) is 0.357. The van der Waals surface area contributed by atoms with E-state index in [2.05, 4.69) is 5.32 Å². The van der Waals surface area contributed by atoms with Crippen LogP contribution in [0.1, 0.15) is 0 Å². The van der Waals surface area contributed by atoms with Gasteiger partial charge in [0.15, 0.2) is 0 Å². The molecule has 2 rings (SSSR count). The second-order valence-electron chi connectivity index (χ2n) is 4.74. The van der Waals surface area contributed by atoms with Gasteiger partial charge in [-0.15, -0.1) is 0 Å². The highest BCUT2D eigenvalue weighted by molar-refractivity contribution is 7.89. The average Bonchev–Trinajstić information content (AvgIpc) is 2.46. The van der Waals surface area contributed by atoms with Gasteiger partial charge >= 0.3 is 0 Å². The molecule has 0 spiro atoms. The third-order valence-electron chi connectivity index (χ3n) is 3.04. The number of benzene rings is 1. The number of morpholine rings is 1. The predicted octanol–water partition coefficient (Wildman–Crippen LogP) is 0.304. The Labute approximate surface area is 119 Å². The van der Waals surface area contributed by atoms with E-state index < -0.39 is 10.0 Å². The van der Waals surface area contributed by atoms with Crippen molar-refractivity contribution >= 4 is 10.0 Å². The number of sulfonamides is 1. The lowest BCUT2D eigenvalue weighted by atomic mass is 10.3. The highest BCUT2D eigenvalue weighted by atomic mass is 32.2. The Morgan fingerprint density at radius 1 is 1.40 bits per heavy atom. The van der Waals surface area contributed by atoms with Gasteiger partial charge in [0.2, 0.25) is 10.0 Å². The van der Waals surface area contributed by atoms with E-state index >= 15 is 0 Å². The first-order chi connectivity index (χ1) is 9.51. The van der Waals surface area contributed by atoms with Gasteiger partial charge in [-0.05, 0) is 12.1 Å². The maximum absolute atomic E-state index is 12.2. The Kier molecular flexibility index (Phi) is 4.98. The van der Waals surface area contributed by atoms with Crippen molar-refractivity contribution in [3.05, 3.63) is 24.3 Å². The van der Waals surface area contributed by atoms with E-state index in [1.54, 1.807) is 24.3 Å². The summed E-state index contributed by atoms with van der Waals surface area (Å²) < 4.78 is 36.8. The zero-order chi connectivity index (χ0) is 14.6. The van der Waals surface area contributed by atoms with Crippen molar-refractivity contribution in [2.45, 2.75) is 11.0 Å². The Bertz CT molecular complexity index is 539. The number of ether oxygens (including phenoxy) is 2. The Hall–Kier alpha value is -1.15. The van der Waals surface area contributed by atoms with Crippen molar-refractivity contribution in [1.82, 2.24) is 9.62 Å². The molecule has 1 aromatic rings. The molecule has 0 saturated carbocycles. The van der Waals surface area contributed by atoms with Gasteiger partial charge in [-0.2, -0.15) is 0 Å². The monoisotopic (exact) mass is 300 g/mol. The fraction of sp³-hybridized carbons (Fsp3) is 0.538. The molecule has 0 amide bonds. The minimum Gasteiger partial charge on any atom is -0.489 e. The summed E-state index contributed by atoms with van der Waals surface area (Å²) in [4.78, 5) is 0.175. The highest BCUT2D eigenvalue weighted by Crippen LogP contribution is 2.25. The zero-order valence-corrected chi connectivity index (χ0v) is 12.5. The van der Waals surface area contributed by atoms with Gasteiger partial charge in [0.05, 0.1) is 6.61 Å². The van der Waals surface area contributed by atoms with Gasteiger partial charge in [0, 0.05) is 27.2 Å². The molecule has 6 nitrogen and oxygen atoms in total. The summed E-state index contributed by atoms with van der Waals surface area (Å²) in [6.45, 7) is 2.52. The van der Waals surface area contributed by atoms with Crippen LogP contribution in [0.2, 0.25) is 0 Å². The van der Waals surface area contributed by atoms with Gasteiger partial charge in [-0.1, -0.05) is 12.1 Å². The van der Waals surface area contributed by atoms with Crippen LogP contribution in [0.25, 0.3) is 0 Å².